The third kappa shape index (κ3) is 2.96. The van der Waals surface area contributed by atoms with Crippen LogP contribution in [0.1, 0.15) is 43.4 Å². The van der Waals surface area contributed by atoms with E-state index in [9.17, 15) is 5.11 Å². The summed E-state index contributed by atoms with van der Waals surface area (Å²) < 4.78 is 0. The molecule has 2 nitrogen and oxygen atoms in total. The van der Waals surface area contributed by atoms with Gasteiger partial charge in [-0.3, -0.25) is 0 Å². The van der Waals surface area contributed by atoms with E-state index in [1.54, 1.807) is 0 Å². The lowest BCUT2D eigenvalue weighted by molar-refractivity contribution is 0.460. The van der Waals surface area contributed by atoms with Crippen molar-refractivity contribution in [2.45, 2.75) is 40.2 Å². The lowest BCUT2D eigenvalue weighted by Crippen LogP contribution is -2.12. The van der Waals surface area contributed by atoms with E-state index >= 15 is 0 Å². The Kier molecular flexibility index (Phi) is 4.15. The minimum atomic E-state index is 0.431. The maximum atomic E-state index is 9.89. The molecular formula is C13H21NO. The van der Waals surface area contributed by atoms with Crippen LogP contribution in [0.25, 0.3) is 0 Å². The van der Waals surface area contributed by atoms with Crippen molar-refractivity contribution in [3.05, 3.63) is 28.8 Å². The van der Waals surface area contributed by atoms with Gasteiger partial charge >= 0.3 is 0 Å². The number of benzene rings is 1. The van der Waals surface area contributed by atoms with Gasteiger partial charge in [-0.05, 0) is 30.5 Å². The van der Waals surface area contributed by atoms with E-state index in [0.29, 0.717) is 11.7 Å². The summed E-state index contributed by atoms with van der Waals surface area (Å²) in [4.78, 5) is 0. The van der Waals surface area contributed by atoms with Crippen LogP contribution >= 0.6 is 0 Å². The van der Waals surface area contributed by atoms with Crippen molar-refractivity contribution in [2.75, 3.05) is 6.54 Å². The SMILES string of the molecule is CCNCc1cc(C(C)C)cc(C)c1O. The van der Waals surface area contributed by atoms with Crippen molar-refractivity contribution in [1.82, 2.24) is 5.32 Å². The van der Waals surface area contributed by atoms with Crippen molar-refractivity contribution >= 4 is 0 Å². The van der Waals surface area contributed by atoms with Gasteiger partial charge in [0, 0.05) is 12.1 Å². The van der Waals surface area contributed by atoms with Crippen LogP contribution in [-0.4, -0.2) is 11.7 Å². The average molecular weight is 207 g/mol. The van der Waals surface area contributed by atoms with Crippen LogP contribution in [0, 0.1) is 6.92 Å². The largest absolute Gasteiger partial charge is 0.507 e. The second-order valence-electron chi connectivity index (χ2n) is 4.28. The van der Waals surface area contributed by atoms with Crippen molar-refractivity contribution < 1.29 is 5.11 Å². The Balaban J connectivity index is 3.02. The molecule has 0 radical (unpaired) electrons. The first-order valence-corrected chi connectivity index (χ1v) is 5.59. The van der Waals surface area contributed by atoms with E-state index in [-0.39, 0.29) is 0 Å². The number of phenolic OH excluding ortho intramolecular Hbond substituents is 1. The number of hydrogen-bond donors (Lipinski definition) is 2. The molecule has 2 N–H and O–H groups in total. The van der Waals surface area contributed by atoms with Crippen molar-refractivity contribution in [3.63, 3.8) is 0 Å². The molecule has 0 unspecified atom stereocenters. The van der Waals surface area contributed by atoms with Crippen LogP contribution < -0.4 is 5.32 Å². The van der Waals surface area contributed by atoms with Crippen LogP contribution in [0.4, 0.5) is 0 Å². The molecule has 0 aromatic heterocycles. The summed E-state index contributed by atoms with van der Waals surface area (Å²) in [5.74, 6) is 0.935. The quantitative estimate of drug-likeness (QED) is 0.795. The molecule has 0 saturated carbocycles. The van der Waals surface area contributed by atoms with Crippen molar-refractivity contribution in [1.29, 1.82) is 0 Å². The van der Waals surface area contributed by atoms with Gasteiger partial charge in [0.2, 0.25) is 0 Å². The number of phenols is 1. The highest BCUT2D eigenvalue weighted by atomic mass is 16.3. The van der Waals surface area contributed by atoms with Gasteiger partial charge in [0.15, 0.2) is 0 Å². The van der Waals surface area contributed by atoms with Gasteiger partial charge in [-0.25, -0.2) is 0 Å². The van der Waals surface area contributed by atoms with Crippen LogP contribution in [0.3, 0.4) is 0 Å². The van der Waals surface area contributed by atoms with E-state index in [4.69, 9.17) is 0 Å². The molecular weight excluding hydrogens is 186 g/mol. The van der Waals surface area contributed by atoms with Gasteiger partial charge in [-0.1, -0.05) is 32.9 Å². The Bertz CT molecular complexity index is 332. The van der Waals surface area contributed by atoms with Crippen LogP contribution in [0.5, 0.6) is 5.75 Å². The highest BCUT2D eigenvalue weighted by Gasteiger charge is 2.08. The lowest BCUT2D eigenvalue weighted by Gasteiger charge is -2.13. The molecule has 1 aromatic rings. The summed E-state index contributed by atoms with van der Waals surface area (Å²) in [7, 11) is 0. The lowest BCUT2D eigenvalue weighted by atomic mass is 9.97. The third-order valence-corrected chi connectivity index (χ3v) is 2.63. The average Bonchev–Trinajstić information content (AvgIpc) is 2.19. The van der Waals surface area contributed by atoms with E-state index in [2.05, 4.69) is 38.2 Å². The monoisotopic (exact) mass is 207 g/mol. The van der Waals surface area contributed by atoms with E-state index < -0.39 is 0 Å². The minimum Gasteiger partial charge on any atom is -0.507 e. The molecule has 0 bridgehead atoms. The topological polar surface area (TPSA) is 32.3 Å². The molecule has 0 spiro atoms. The molecule has 0 heterocycles. The standard InChI is InChI=1S/C13H21NO/c1-5-14-8-12-7-11(9(2)3)6-10(4)13(12)15/h6-7,9,14-15H,5,8H2,1-4H3. The fourth-order valence-electron chi connectivity index (χ4n) is 1.61. The minimum absolute atomic E-state index is 0.431. The van der Waals surface area contributed by atoms with Crippen LogP contribution in [-0.2, 0) is 6.54 Å². The number of aromatic hydroxyl groups is 1. The predicted molar refractivity (Wildman–Crippen MR) is 64.3 cm³/mol. The maximum Gasteiger partial charge on any atom is 0.122 e. The third-order valence-electron chi connectivity index (χ3n) is 2.63. The van der Waals surface area contributed by atoms with E-state index in [1.807, 2.05) is 6.92 Å². The molecule has 0 saturated heterocycles. The molecule has 2 heteroatoms. The molecule has 0 amide bonds. The van der Waals surface area contributed by atoms with Gasteiger partial charge in [0.05, 0.1) is 0 Å². The fraction of sp³-hybridized carbons (Fsp3) is 0.538. The van der Waals surface area contributed by atoms with Gasteiger partial charge in [-0.15, -0.1) is 0 Å². The first-order chi connectivity index (χ1) is 7.06. The van der Waals surface area contributed by atoms with Crippen molar-refractivity contribution in [3.8, 4) is 5.75 Å². The number of rotatable bonds is 4. The molecule has 0 aliphatic carbocycles. The summed E-state index contributed by atoms with van der Waals surface area (Å²) in [5, 5.41) is 13.1. The van der Waals surface area contributed by atoms with Gasteiger partial charge in [0.25, 0.3) is 0 Å². The summed E-state index contributed by atoms with van der Waals surface area (Å²) in [6, 6.07) is 4.16. The van der Waals surface area contributed by atoms with Gasteiger partial charge in [0.1, 0.15) is 5.75 Å². The Hall–Kier alpha value is -1.02. The first kappa shape index (κ1) is 12.1. The summed E-state index contributed by atoms with van der Waals surface area (Å²) in [6.45, 7) is 10.0. The predicted octanol–water partition coefficient (Wildman–Crippen LogP) is 2.93. The zero-order chi connectivity index (χ0) is 11.4. The summed E-state index contributed by atoms with van der Waals surface area (Å²) in [6.07, 6.45) is 0. The number of aryl methyl sites for hydroxylation is 1. The van der Waals surface area contributed by atoms with Gasteiger partial charge in [-0.2, -0.15) is 0 Å². The second-order valence-corrected chi connectivity index (χ2v) is 4.28. The highest BCUT2D eigenvalue weighted by Crippen LogP contribution is 2.27. The summed E-state index contributed by atoms with van der Waals surface area (Å²) >= 11 is 0. The highest BCUT2D eigenvalue weighted by molar-refractivity contribution is 5.43. The molecule has 0 atom stereocenters. The summed E-state index contributed by atoms with van der Waals surface area (Å²) in [5.41, 5.74) is 3.26. The number of hydrogen-bond acceptors (Lipinski definition) is 2. The van der Waals surface area contributed by atoms with Crippen LogP contribution in [0.2, 0.25) is 0 Å². The Morgan fingerprint density at radius 3 is 2.53 bits per heavy atom. The Labute approximate surface area is 92.3 Å². The number of nitrogens with one attached hydrogen (secondary N) is 1. The molecule has 15 heavy (non-hydrogen) atoms. The zero-order valence-corrected chi connectivity index (χ0v) is 10.1. The molecule has 1 aromatic carbocycles. The maximum absolute atomic E-state index is 9.89. The van der Waals surface area contributed by atoms with Gasteiger partial charge < -0.3 is 10.4 Å². The molecule has 0 aliphatic rings. The van der Waals surface area contributed by atoms with E-state index in [1.165, 1.54) is 5.56 Å². The second kappa shape index (κ2) is 5.17. The Morgan fingerprint density at radius 1 is 1.33 bits per heavy atom. The molecule has 0 aliphatic heterocycles. The van der Waals surface area contributed by atoms with E-state index in [0.717, 1.165) is 24.2 Å². The molecule has 1 rings (SSSR count). The molecule has 0 fully saturated rings. The normalized spacial score (nSPS) is 11.0. The zero-order valence-electron chi connectivity index (χ0n) is 10.1. The molecule has 84 valence electrons. The van der Waals surface area contributed by atoms with Crippen LogP contribution in [0.15, 0.2) is 12.1 Å². The smallest absolute Gasteiger partial charge is 0.122 e. The first-order valence-electron chi connectivity index (χ1n) is 5.59. The fourth-order valence-corrected chi connectivity index (χ4v) is 1.61. The Morgan fingerprint density at radius 2 is 2.00 bits per heavy atom. The van der Waals surface area contributed by atoms with Crippen molar-refractivity contribution in [2.24, 2.45) is 0 Å².